The second-order valence-electron chi connectivity index (χ2n) is 3.93. The molecule has 98 valence electrons. The highest BCUT2D eigenvalue weighted by Crippen LogP contribution is 2.09. The van der Waals surface area contributed by atoms with E-state index in [0.29, 0.717) is 6.42 Å². The van der Waals surface area contributed by atoms with Crippen LogP contribution >= 0.6 is 12.6 Å². The Bertz CT molecular complexity index is 279. The summed E-state index contributed by atoms with van der Waals surface area (Å²) >= 11 is 3.80. The van der Waals surface area contributed by atoms with Gasteiger partial charge >= 0.3 is 0 Å². The van der Waals surface area contributed by atoms with Crippen molar-refractivity contribution in [3.8, 4) is 0 Å². The van der Waals surface area contributed by atoms with Crippen molar-refractivity contribution in [1.29, 1.82) is 0 Å². The highest BCUT2D eigenvalue weighted by molar-refractivity contribution is 7.81. The second kappa shape index (κ2) is 9.24. The van der Waals surface area contributed by atoms with E-state index in [9.17, 15) is 14.7 Å². The molecule has 1 amide bonds. The molecule has 0 heterocycles. The summed E-state index contributed by atoms with van der Waals surface area (Å²) in [7, 11) is 0. The van der Waals surface area contributed by atoms with E-state index in [1.165, 1.54) is 0 Å². The van der Waals surface area contributed by atoms with Crippen LogP contribution in [0.1, 0.15) is 39.0 Å². The number of carbonyl (C=O) groups excluding carboxylic acids is 2. The number of ketones is 1. The Hall–Kier alpha value is -0.810. The van der Waals surface area contributed by atoms with Crippen LogP contribution < -0.4 is 5.73 Å². The highest BCUT2D eigenvalue weighted by atomic mass is 32.1. The fourth-order valence-corrected chi connectivity index (χ4v) is 1.55. The van der Waals surface area contributed by atoms with Gasteiger partial charge in [0.05, 0.1) is 0 Å². The van der Waals surface area contributed by atoms with Gasteiger partial charge in [-0.05, 0) is 26.2 Å². The molecular formula is C12H21NO3S. The minimum absolute atomic E-state index is 0.265. The first-order chi connectivity index (χ1) is 8.00. The predicted molar refractivity (Wildman–Crippen MR) is 70.9 cm³/mol. The van der Waals surface area contributed by atoms with Gasteiger partial charge in [-0.2, -0.15) is 12.6 Å². The average molecular weight is 259 g/mol. The number of hydrogen-bond donors (Lipinski definition) is 3. The zero-order valence-electron chi connectivity index (χ0n) is 10.1. The third-order valence-corrected chi connectivity index (χ3v) is 2.99. The molecule has 3 N–H and O–H groups in total. The Morgan fingerprint density at radius 2 is 2.00 bits per heavy atom. The molecule has 0 aromatic carbocycles. The Balaban J connectivity index is 3.75. The molecule has 0 spiro atoms. The number of hydrogen-bond acceptors (Lipinski definition) is 4. The molecule has 2 atom stereocenters. The van der Waals surface area contributed by atoms with Crippen LogP contribution in [0.15, 0.2) is 12.2 Å². The summed E-state index contributed by atoms with van der Waals surface area (Å²) in [5.41, 5.74) is 4.95. The summed E-state index contributed by atoms with van der Waals surface area (Å²) < 4.78 is 0. The van der Waals surface area contributed by atoms with Crippen LogP contribution in [-0.2, 0) is 9.59 Å². The lowest BCUT2D eigenvalue weighted by Gasteiger charge is -2.13. The number of aliphatic hydroxyl groups excluding tert-OH is 1. The van der Waals surface area contributed by atoms with Crippen LogP contribution in [0.3, 0.4) is 0 Å². The lowest BCUT2D eigenvalue weighted by Crippen LogP contribution is -2.39. The summed E-state index contributed by atoms with van der Waals surface area (Å²) in [6.45, 7) is 1.97. The number of aliphatic hydroxyl groups is 1. The Morgan fingerprint density at radius 1 is 1.35 bits per heavy atom. The van der Waals surface area contributed by atoms with Gasteiger partial charge in [-0.3, -0.25) is 9.59 Å². The maximum absolute atomic E-state index is 11.5. The van der Waals surface area contributed by atoms with Gasteiger partial charge in [-0.15, -0.1) is 0 Å². The first-order valence-corrected chi connectivity index (χ1v) is 6.31. The van der Waals surface area contributed by atoms with Crippen LogP contribution in [-0.4, -0.2) is 28.2 Å². The van der Waals surface area contributed by atoms with E-state index in [-0.39, 0.29) is 12.2 Å². The van der Waals surface area contributed by atoms with Gasteiger partial charge in [-0.1, -0.05) is 18.6 Å². The predicted octanol–water partition coefficient (Wildman–Crippen LogP) is 1.23. The minimum Gasteiger partial charge on any atom is -0.384 e. The molecule has 0 fully saturated rings. The monoisotopic (exact) mass is 259 g/mol. The Morgan fingerprint density at radius 3 is 2.53 bits per heavy atom. The lowest BCUT2D eigenvalue weighted by molar-refractivity contribution is -0.131. The molecule has 5 heteroatoms. The second-order valence-corrected chi connectivity index (χ2v) is 4.48. The molecule has 0 aromatic heterocycles. The van der Waals surface area contributed by atoms with Crippen molar-refractivity contribution in [3.05, 3.63) is 12.2 Å². The molecule has 0 saturated carbocycles. The fraction of sp³-hybridized carbons (Fsp3) is 0.667. The SMILES string of the molecule is C/C=C/CCCCCC(=O)[C@@H](O)[C@H](S)C(N)=O. The summed E-state index contributed by atoms with van der Waals surface area (Å²) in [4.78, 5) is 22.2. The maximum Gasteiger partial charge on any atom is 0.233 e. The van der Waals surface area contributed by atoms with Gasteiger partial charge in [0.1, 0.15) is 11.4 Å². The van der Waals surface area contributed by atoms with Gasteiger partial charge in [0.25, 0.3) is 0 Å². The topological polar surface area (TPSA) is 80.4 Å². The van der Waals surface area contributed by atoms with Crippen molar-refractivity contribution in [2.24, 2.45) is 5.73 Å². The van der Waals surface area contributed by atoms with Crippen LogP contribution in [0.5, 0.6) is 0 Å². The van der Waals surface area contributed by atoms with E-state index >= 15 is 0 Å². The third kappa shape index (κ3) is 7.18. The van der Waals surface area contributed by atoms with Crippen molar-refractivity contribution in [3.63, 3.8) is 0 Å². The van der Waals surface area contributed by atoms with Gasteiger partial charge in [0, 0.05) is 6.42 Å². The number of nitrogens with two attached hydrogens (primary N) is 1. The number of carbonyl (C=O) groups is 2. The van der Waals surface area contributed by atoms with E-state index in [1.54, 1.807) is 0 Å². The van der Waals surface area contributed by atoms with Crippen LogP contribution in [0.25, 0.3) is 0 Å². The molecule has 0 unspecified atom stereocenters. The van der Waals surface area contributed by atoms with Gasteiger partial charge in [0.15, 0.2) is 5.78 Å². The Labute approximate surface area is 108 Å². The standard InChI is InChI=1S/C12H21NO3S/c1-2-3-4-5-6-7-8-9(14)10(15)11(17)12(13)16/h2-3,10-11,15,17H,4-8H2,1H3,(H2,13,16)/b3-2+/t10-,11+/m1/s1. The molecule has 4 nitrogen and oxygen atoms in total. The zero-order chi connectivity index (χ0) is 13.3. The highest BCUT2D eigenvalue weighted by Gasteiger charge is 2.26. The van der Waals surface area contributed by atoms with Crippen molar-refractivity contribution < 1.29 is 14.7 Å². The average Bonchev–Trinajstić information content (AvgIpc) is 2.31. The Kier molecular flexibility index (Phi) is 8.80. The number of allylic oxidation sites excluding steroid dienone is 2. The van der Waals surface area contributed by atoms with Crippen LogP contribution in [0.4, 0.5) is 0 Å². The van der Waals surface area contributed by atoms with Crippen molar-refractivity contribution in [2.45, 2.75) is 50.4 Å². The number of amides is 1. The fourth-order valence-electron chi connectivity index (χ4n) is 1.38. The molecule has 0 aliphatic rings. The number of Topliss-reactive ketones (excluding diaryl/α,β-unsaturated/α-hetero) is 1. The van der Waals surface area contributed by atoms with Crippen LogP contribution in [0.2, 0.25) is 0 Å². The minimum atomic E-state index is -1.38. The maximum atomic E-state index is 11.5. The zero-order valence-corrected chi connectivity index (χ0v) is 11.0. The summed E-state index contributed by atoms with van der Waals surface area (Å²) in [6, 6.07) is 0. The largest absolute Gasteiger partial charge is 0.384 e. The molecule has 0 radical (unpaired) electrons. The number of unbranched alkanes of at least 4 members (excludes halogenated alkanes) is 3. The summed E-state index contributed by atoms with van der Waals surface area (Å²) in [6.07, 6.45) is 6.62. The summed E-state index contributed by atoms with van der Waals surface area (Å²) in [5, 5.41) is 8.35. The first-order valence-electron chi connectivity index (χ1n) is 5.80. The van der Waals surface area contributed by atoms with Gasteiger partial charge < -0.3 is 10.8 Å². The smallest absolute Gasteiger partial charge is 0.233 e. The quantitative estimate of drug-likeness (QED) is 0.331. The van der Waals surface area contributed by atoms with Crippen molar-refractivity contribution >= 4 is 24.3 Å². The molecule has 0 saturated heterocycles. The molecule has 0 rings (SSSR count). The molecule has 17 heavy (non-hydrogen) atoms. The normalized spacial score (nSPS) is 14.8. The van der Waals surface area contributed by atoms with E-state index < -0.39 is 17.3 Å². The van der Waals surface area contributed by atoms with E-state index in [1.807, 2.05) is 13.0 Å². The van der Waals surface area contributed by atoms with E-state index in [2.05, 4.69) is 18.7 Å². The molecule has 0 aromatic rings. The molecular weight excluding hydrogens is 238 g/mol. The van der Waals surface area contributed by atoms with Gasteiger partial charge in [0.2, 0.25) is 5.91 Å². The number of primary amides is 1. The van der Waals surface area contributed by atoms with Crippen LogP contribution in [0, 0.1) is 0 Å². The molecule has 0 bridgehead atoms. The number of thiol groups is 1. The number of rotatable bonds is 9. The third-order valence-electron chi connectivity index (χ3n) is 2.45. The van der Waals surface area contributed by atoms with E-state index in [4.69, 9.17) is 5.73 Å². The van der Waals surface area contributed by atoms with Crippen molar-refractivity contribution in [2.75, 3.05) is 0 Å². The molecule has 0 aliphatic heterocycles. The van der Waals surface area contributed by atoms with E-state index in [0.717, 1.165) is 19.3 Å². The van der Waals surface area contributed by atoms with Crippen molar-refractivity contribution in [1.82, 2.24) is 0 Å². The lowest BCUT2D eigenvalue weighted by atomic mass is 10.0. The first kappa shape index (κ1) is 16.2. The molecule has 0 aliphatic carbocycles. The van der Waals surface area contributed by atoms with Gasteiger partial charge in [-0.25, -0.2) is 0 Å². The summed E-state index contributed by atoms with van der Waals surface area (Å²) in [5.74, 6) is -1.14.